The number of carbonyl (C=O) groups is 2. The molecule has 0 saturated carbocycles. The number of thioether (sulfide) groups is 1. The molecule has 0 heterocycles. The highest BCUT2D eigenvalue weighted by Gasteiger charge is 2.04. The van der Waals surface area contributed by atoms with Gasteiger partial charge in [0.15, 0.2) is 0 Å². The molecule has 0 unspecified atom stereocenters. The molecule has 0 bridgehead atoms. The predicted molar refractivity (Wildman–Crippen MR) is 73.8 cm³/mol. The minimum atomic E-state index is -0.249. The van der Waals surface area contributed by atoms with E-state index < -0.39 is 0 Å². The van der Waals surface area contributed by atoms with Crippen molar-refractivity contribution in [2.75, 3.05) is 23.9 Å². The van der Waals surface area contributed by atoms with Crippen molar-refractivity contribution in [3.8, 4) is 0 Å². The monoisotopic (exact) mass is 267 g/mol. The smallest absolute Gasteiger partial charge is 0.306 e. The summed E-state index contributed by atoms with van der Waals surface area (Å²) in [4.78, 5) is 22.4. The molecule has 98 valence electrons. The summed E-state index contributed by atoms with van der Waals surface area (Å²) in [5.41, 5.74) is 1.94. The SMILES string of the molecule is COC(=O)CCSCC(=O)Nc1ccc(C)cc1. The number of hydrogen-bond acceptors (Lipinski definition) is 4. The number of esters is 1. The maximum atomic E-state index is 11.6. The fourth-order valence-corrected chi connectivity index (χ4v) is 1.97. The van der Waals surface area contributed by atoms with Crippen LogP contribution in [0.2, 0.25) is 0 Å². The van der Waals surface area contributed by atoms with Crippen LogP contribution >= 0.6 is 11.8 Å². The summed E-state index contributed by atoms with van der Waals surface area (Å²) in [6.07, 6.45) is 0.332. The third-order valence-electron chi connectivity index (χ3n) is 2.25. The summed E-state index contributed by atoms with van der Waals surface area (Å²) >= 11 is 1.41. The van der Waals surface area contributed by atoms with Crippen LogP contribution in [-0.4, -0.2) is 30.5 Å². The van der Waals surface area contributed by atoms with Gasteiger partial charge >= 0.3 is 5.97 Å². The summed E-state index contributed by atoms with van der Waals surface area (Å²) in [6.45, 7) is 1.99. The number of amides is 1. The number of ether oxygens (including phenoxy) is 1. The van der Waals surface area contributed by atoms with E-state index >= 15 is 0 Å². The van der Waals surface area contributed by atoms with Gasteiger partial charge in [-0.1, -0.05) is 17.7 Å². The molecular formula is C13H17NO3S. The average molecular weight is 267 g/mol. The maximum Gasteiger partial charge on any atom is 0.306 e. The van der Waals surface area contributed by atoms with Crippen molar-refractivity contribution in [1.82, 2.24) is 0 Å². The van der Waals surface area contributed by atoms with Crippen LogP contribution in [-0.2, 0) is 14.3 Å². The van der Waals surface area contributed by atoms with Crippen molar-refractivity contribution in [2.24, 2.45) is 0 Å². The normalized spacial score (nSPS) is 9.89. The Balaban J connectivity index is 2.21. The van der Waals surface area contributed by atoms with E-state index in [4.69, 9.17) is 0 Å². The van der Waals surface area contributed by atoms with Crippen molar-refractivity contribution in [3.63, 3.8) is 0 Å². The molecule has 1 N–H and O–H groups in total. The fourth-order valence-electron chi connectivity index (χ4n) is 1.26. The van der Waals surface area contributed by atoms with Crippen molar-refractivity contribution in [1.29, 1.82) is 0 Å². The van der Waals surface area contributed by atoms with Gasteiger partial charge in [-0.05, 0) is 19.1 Å². The first-order chi connectivity index (χ1) is 8.61. The van der Waals surface area contributed by atoms with E-state index in [-0.39, 0.29) is 11.9 Å². The van der Waals surface area contributed by atoms with Crippen LogP contribution in [0.1, 0.15) is 12.0 Å². The Morgan fingerprint density at radius 3 is 2.56 bits per heavy atom. The number of methoxy groups -OCH3 is 1. The molecule has 0 radical (unpaired) electrons. The topological polar surface area (TPSA) is 55.4 Å². The Morgan fingerprint density at radius 2 is 1.94 bits per heavy atom. The Hall–Kier alpha value is -1.49. The fraction of sp³-hybridized carbons (Fsp3) is 0.385. The van der Waals surface area contributed by atoms with Gasteiger partial charge in [0.1, 0.15) is 0 Å². The summed E-state index contributed by atoms with van der Waals surface area (Å²) in [5.74, 6) is 0.619. The van der Waals surface area contributed by atoms with E-state index in [2.05, 4.69) is 10.1 Å². The molecule has 1 amide bonds. The van der Waals surface area contributed by atoms with Crippen molar-refractivity contribution in [3.05, 3.63) is 29.8 Å². The Labute approximate surface area is 111 Å². The van der Waals surface area contributed by atoms with Gasteiger partial charge < -0.3 is 10.1 Å². The molecule has 0 aliphatic rings. The Morgan fingerprint density at radius 1 is 1.28 bits per heavy atom. The first-order valence-corrected chi connectivity index (χ1v) is 6.78. The standard InChI is InChI=1S/C13H17NO3S/c1-10-3-5-11(6-4-10)14-12(15)9-18-8-7-13(16)17-2/h3-6H,7-9H2,1-2H3,(H,14,15). The minimum absolute atomic E-state index is 0.0614. The molecule has 1 aromatic rings. The number of carbonyl (C=O) groups excluding carboxylic acids is 2. The maximum absolute atomic E-state index is 11.6. The number of benzene rings is 1. The zero-order chi connectivity index (χ0) is 13.4. The van der Waals surface area contributed by atoms with Gasteiger partial charge in [0.2, 0.25) is 5.91 Å². The van der Waals surface area contributed by atoms with Gasteiger partial charge in [0.25, 0.3) is 0 Å². The molecule has 0 aromatic heterocycles. The number of aryl methyl sites for hydroxylation is 1. The van der Waals surface area contributed by atoms with Gasteiger partial charge in [0.05, 0.1) is 19.3 Å². The molecule has 1 rings (SSSR count). The number of hydrogen-bond donors (Lipinski definition) is 1. The summed E-state index contributed by atoms with van der Waals surface area (Å²) in [6, 6.07) is 7.62. The van der Waals surface area contributed by atoms with E-state index in [0.29, 0.717) is 17.9 Å². The molecule has 4 nitrogen and oxygen atoms in total. The van der Waals surface area contributed by atoms with E-state index in [1.165, 1.54) is 18.9 Å². The largest absolute Gasteiger partial charge is 0.469 e. The molecule has 5 heteroatoms. The van der Waals surface area contributed by atoms with E-state index in [0.717, 1.165) is 11.3 Å². The highest BCUT2D eigenvalue weighted by atomic mass is 32.2. The van der Waals surface area contributed by atoms with Crippen LogP contribution in [0.4, 0.5) is 5.69 Å². The van der Waals surface area contributed by atoms with Crippen molar-refractivity contribution in [2.45, 2.75) is 13.3 Å². The second-order valence-electron chi connectivity index (χ2n) is 3.79. The molecule has 0 atom stereocenters. The lowest BCUT2D eigenvalue weighted by Crippen LogP contribution is -2.14. The third-order valence-corrected chi connectivity index (χ3v) is 3.21. The highest BCUT2D eigenvalue weighted by Crippen LogP contribution is 2.10. The third kappa shape index (κ3) is 5.72. The molecule has 0 aliphatic carbocycles. The van der Waals surface area contributed by atoms with Gasteiger partial charge in [-0.15, -0.1) is 0 Å². The summed E-state index contributed by atoms with van der Waals surface area (Å²) in [5, 5.41) is 2.80. The minimum Gasteiger partial charge on any atom is -0.469 e. The second kappa shape index (κ2) is 7.76. The average Bonchev–Trinajstić information content (AvgIpc) is 2.37. The molecule has 1 aromatic carbocycles. The molecular weight excluding hydrogens is 250 g/mol. The van der Waals surface area contributed by atoms with E-state index in [1.807, 2.05) is 31.2 Å². The molecule has 0 saturated heterocycles. The number of rotatable bonds is 6. The van der Waals surface area contributed by atoms with Gasteiger partial charge in [-0.3, -0.25) is 9.59 Å². The molecule has 0 spiro atoms. The molecule has 0 fully saturated rings. The number of nitrogens with one attached hydrogen (secondary N) is 1. The first-order valence-electron chi connectivity index (χ1n) is 5.63. The lowest BCUT2D eigenvalue weighted by Gasteiger charge is -2.05. The lowest BCUT2D eigenvalue weighted by atomic mass is 10.2. The van der Waals surface area contributed by atoms with Crippen LogP contribution in [0.15, 0.2) is 24.3 Å². The summed E-state index contributed by atoms with van der Waals surface area (Å²) in [7, 11) is 1.36. The highest BCUT2D eigenvalue weighted by molar-refractivity contribution is 7.99. The van der Waals surface area contributed by atoms with Crippen LogP contribution in [0.5, 0.6) is 0 Å². The Kier molecular flexibility index (Phi) is 6.28. The zero-order valence-corrected chi connectivity index (χ0v) is 11.4. The first kappa shape index (κ1) is 14.6. The second-order valence-corrected chi connectivity index (χ2v) is 4.90. The van der Waals surface area contributed by atoms with Crippen molar-refractivity contribution < 1.29 is 14.3 Å². The predicted octanol–water partition coefficient (Wildman–Crippen LogP) is 2.23. The molecule has 18 heavy (non-hydrogen) atoms. The quantitative estimate of drug-likeness (QED) is 0.634. The van der Waals surface area contributed by atoms with Gasteiger partial charge in [-0.25, -0.2) is 0 Å². The lowest BCUT2D eigenvalue weighted by molar-refractivity contribution is -0.140. The van der Waals surface area contributed by atoms with E-state index in [9.17, 15) is 9.59 Å². The van der Waals surface area contributed by atoms with Gasteiger partial charge in [0, 0.05) is 11.4 Å². The van der Waals surface area contributed by atoms with Gasteiger partial charge in [-0.2, -0.15) is 11.8 Å². The van der Waals surface area contributed by atoms with E-state index in [1.54, 1.807) is 0 Å². The Bertz CT molecular complexity index is 403. The van der Waals surface area contributed by atoms with Crippen LogP contribution in [0.3, 0.4) is 0 Å². The zero-order valence-electron chi connectivity index (χ0n) is 10.6. The number of anilines is 1. The summed E-state index contributed by atoms with van der Waals surface area (Å²) < 4.78 is 4.51. The molecule has 0 aliphatic heterocycles. The van der Waals surface area contributed by atoms with Crippen LogP contribution < -0.4 is 5.32 Å². The van der Waals surface area contributed by atoms with Crippen LogP contribution in [0.25, 0.3) is 0 Å². The van der Waals surface area contributed by atoms with Crippen molar-refractivity contribution >= 4 is 29.3 Å². The van der Waals surface area contributed by atoms with Crippen LogP contribution in [0, 0.1) is 6.92 Å².